The molecule has 0 radical (unpaired) electrons. The Kier molecular flexibility index (Phi) is 8.52. The van der Waals surface area contributed by atoms with Gasteiger partial charge in [-0.05, 0) is 30.9 Å². The molecule has 0 aromatic carbocycles. The highest BCUT2D eigenvalue weighted by Gasteiger charge is 2.09. The van der Waals surface area contributed by atoms with Crippen LogP contribution >= 0.6 is 11.8 Å². The Morgan fingerprint density at radius 3 is 3.05 bits per heavy atom. The number of hydrogen-bond donors (Lipinski definition) is 2. The summed E-state index contributed by atoms with van der Waals surface area (Å²) >= 11 is 1.84. The Balaban J connectivity index is 2.47. The highest BCUT2D eigenvalue weighted by Crippen LogP contribution is 2.06. The van der Waals surface area contributed by atoms with Crippen LogP contribution in [0.4, 0.5) is 0 Å². The molecule has 0 aliphatic carbocycles. The topological polar surface area (TPSA) is 62.2 Å². The number of pyridine rings is 1. The van der Waals surface area contributed by atoms with Crippen LogP contribution in [0.15, 0.2) is 18.5 Å². The Bertz CT molecular complexity index is 480. The van der Waals surface area contributed by atoms with Gasteiger partial charge in [-0.1, -0.05) is 18.3 Å². The Morgan fingerprint density at radius 2 is 2.30 bits per heavy atom. The standard InChI is InChI=1S/C15H20N2O2S/c1-20-11-4-2-3-8-17-15(19)14-7-9-16-12-13(14)6-5-10-18/h7,9,12,18H,2-4,8,10-11H2,1H3,(H,17,19). The van der Waals surface area contributed by atoms with Crippen molar-refractivity contribution in [2.24, 2.45) is 0 Å². The van der Waals surface area contributed by atoms with Gasteiger partial charge in [0.2, 0.25) is 0 Å². The number of nitrogens with zero attached hydrogens (tertiary/aromatic N) is 1. The minimum absolute atomic E-state index is 0.139. The van der Waals surface area contributed by atoms with Crippen molar-refractivity contribution in [2.75, 3.05) is 25.2 Å². The molecule has 1 heterocycles. The Morgan fingerprint density at radius 1 is 1.45 bits per heavy atom. The first-order valence-corrected chi connectivity index (χ1v) is 8.00. The summed E-state index contributed by atoms with van der Waals surface area (Å²) in [5, 5.41) is 11.6. The number of thioether (sulfide) groups is 1. The molecule has 0 bridgehead atoms. The smallest absolute Gasteiger partial charge is 0.252 e. The van der Waals surface area contributed by atoms with Crippen LogP contribution in [-0.4, -0.2) is 41.2 Å². The zero-order valence-electron chi connectivity index (χ0n) is 11.7. The van der Waals surface area contributed by atoms with Crippen molar-refractivity contribution in [3.05, 3.63) is 29.6 Å². The first kappa shape index (κ1) is 16.5. The van der Waals surface area contributed by atoms with Gasteiger partial charge in [-0.25, -0.2) is 0 Å². The van der Waals surface area contributed by atoms with Gasteiger partial charge in [-0.3, -0.25) is 9.78 Å². The fraction of sp³-hybridized carbons (Fsp3) is 0.467. The van der Waals surface area contributed by atoms with Gasteiger partial charge in [0.15, 0.2) is 0 Å². The molecule has 0 saturated heterocycles. The van der Waals surface area contributed by atoms with Gasteiger partial charge in [0, 0.05) is 18.9 Å². The van der Waals surface area contributed by atoms with Crippen LogP contribution in [0.2, 0.25) is 0 Å². The summed E-state index contributed by atoms with van der Waals surface area (Å²) < 4.78 is 0. The van der Waals surface area contributed by atoms with E-state index < -0.39 is 0 Å². The minimum Gasteiger partial charge on any atom is -0.384 e. The molecule has 20 heavy (non-hydrogen) atoms. The van der Waals surface area contributed by atoms with Crippen molar-refractivity contribution < 1.29 is 9.90 Å². The van der Waals surface area contributed by atoms with E-state index in [9.17, 15) is 4.79 Å². The largest absolute Gasteiger partial charge is 0.384 e. The maximum Gasteiger partial charge on any atom is 0.252 e. The van der Waals surface area contributed by atoms with Gasteiger partial charge < -0.3 is 10.4 Å². The molecule has 5 heteroatoms. The number of aromatic nitrogens is 1. The van der Waals surface area contributed by atoms with Crippen molar-refractivity contribution in [1.29, 1.82) is 0 Å². The molecule has 1 aromatic heterocycles. The van der Waals surface area contributed by atoms with Crippen molar-refractivity contribution in [2.45, 2.75) is 19.3 Å². The lowest BCUT2D eigenvalue weighted by Gasteiger charge is -2.06. The van der Waals surface area contributed by atoms with Gasteiger partial charge in [0.05, 0.1) is 11.1 Å². The van der Waals surface area contributed by atoms with Gasteiger partial charge in [-0.15, -0.1) is 0 Å². The van der Waals surface area contributed by atoms with Crippen LogP contribution in [-0.2, 0) is 0 Å². The van der Waals surface area contributed by atoms with Crippen molar-refractivity contribution in [1.82, 2.24) is 10.3 Å². The maximum absolute atomic E-state index is 12.0. The minimum atomic E-state index is -0.231. The first-order chi connectivity index (χ1) is 9.79. The molecule has 1 amide bonds. The van der Waals surface area contributed by atoms with E-state index in [2.05, 4.69) is 28.4 Å². The molecule has 108 valence electrons. The first-order valence-electron chi connectivity index (χ1n) is 6.60. The molecule has 0 fully saturated rings. The fourth-order valence-electron chi connectivity index (χ4n) is 1.67. The molecule has 0 spiro atoms. The zero-order chi connectivity index (χ0) is 14.6. The normalized spacial score (nSPS) is 9.70. The molecule has 0 aliphatic heterocycles. The molecule has 0 atom stereocenters. The molecule has 0 aliphatic rings. The molecule has 1 aromatic rings. The van der Waals surface area contributed by atoms with E-state index in [1.807, 2.05) is 11.8 Å². The molecule has 4 nitrogen and oxygen atoms in total. The second-order valence-corrected chi connectivity index (χ2v) is 5.18. The second-order valence-electron chi connectivity index (χ2n) is 4.19. The second kappa shape index (κ2) is 10.3. The Labute approximate surface area is 124 Å². The van der Waals surface area contributed by atoms with Crippen LogP contribution in [0.1, 0.15) is 35.2 Å². The maximum atomic E-state index is 12.0. The predicted octanol–water partition coefficient (Wildman–Crippen LogP) is 1.69. The van der Waals surface area contributed by atoms with Crippen LogP contribution in [0, 0.1) is 11.8 Å². The van der Waals surface area contributed by atoms with Crippen LogP contribution in [0.3, 0.4) is 0 Å². The van der Waals surface area contributed by atoms with Gasteiger partial charge in [0.25, 0.3) is 5.91 Å². The number of nitrogens with one attached hydrogen (secondary N) is 1. The summed E-state index contributed by atoms with van der Waals surface area (Å²) in [4.78, 5) is 16.0. The molecule has 0 unspecified atom stereocenters. The number of hydrogen-bond acceptors (Lipinski definition) is 4. The van der Waals surface area contributed by atoms with Crippen LogP contribution in [0.5, 0.6) is 0 Å². The number of carbonyl (C=O) groups is 1. The Hall–Kier alpha value is -1.51. The third-order valence-electron chi connectivity index (χ3n) is 2.68. The third-order valence-corrected chi connectivity index (χ3v) is 3.38. The van der Waals surface area contributed by atoms with Crippen molar-refractivity contribution >= 4 is 17.7 Å². The molecule has 0 saturated carbocycles. The molecular formula is C15H20N2O2S. The summed E-state index contributed by atoms with van der Waals surface area (Å²) in [7, 11) is 0. The van der Waals surface area contributed by atoms with E-state index in [1.54, 1.807) is 12.3 Å². The van der Waals surface area contributed by atoms with Gasteiger partial charge in [-0.2, -0.15) is 11.8 Å². The van der Waals surface area contributed by atoms with E-state index in [-0.39, 0.29) is 12.5 Å². The van der Waals surface area contributed by atoms with Crippen LogP contribution in [0.25, 0.3) is 0 Å². The van der Waals surface area contributed by atoms with E-state index in [0.29, 0.717) is 17.7 Å². The average Bonchev–Trinajstić information content (AvgIpc) is 2.48. The van der Waals surface area contributed by atoms with E-state index >= 15 is 0 Å². The number of rotatable bonds is 7. The molecule has 1 rings (SSSR count). The number of unbranched alkanes of at least 4 members (excludes halogenated alkanes) is 2. The lowest BCUT2D eigenvalue weighted by molar-refractivity contribution is 0.0952. The van der Waals surface area contributed by atoms with Crippen molar-refractivity contribution in [3.63, 3.8) is 0 Å². The highest BCUT2D eigenvalue weighted by molar-refractivity contribution is 7.98. The summed E-state index contributed by atoms with van der Waals surface area (Å²) in [5.41, 5.74) is 1.05. The van der Waals surface area contributed by atoms with E-state index in [4.69, 9.17) is 5.11 Å². The predicted molar refractivity (Wildman–Crippen MR) is 82.8 cm³/mol. The zero-order valence-corrected chi connectivity index (χ0v) is 12.5. The number of aliphatic hydroxyl groups is 1. The van der Waals surface area contributed by atoms with Crippen LogP contribution < -0.4 is 5.32 Å². The third kappa shape index (κ3) is 6.09. The molecular weight excluding hydrogens is 272 g/mol. The number of amides is 1. The van der Waals surface area contributed by atoms with E-state index in [1.165, 1.54) is 18.4 Å². The highest BCUT2D eigenvalue weighted by atomic mass is 32.2. The number of aliphatic hydroxyl groups excluding tert-OH is 1. The fourth-order valence-corrected chi connectivity index (χ4v) is 2.16. The lowest BCUT2D eigenvalue weighted by Crippen LogP contribution is -2.25. The monoisotopic (exact) mass is 292 g/mol. The lowest BCUT2D eigenvalue weighted by atomic mass is 10.1. The summed E-state index contributed by atoms with van der Waals surface area (Å²) in [6, 6.07) is 1.64. The average molecular weight is 292 g/mol. The van der Waals surface area contributed by atoms with Gasteiger partial charge >= 0.3 is 0 Å². The summed E-state index contributed by atoms with van der Waals surface area (Å²) in [5.74, 6) is 6.30. The molecule has 2 N–H and O–H groups in total. The quantitative estimate of drug-likeness (QED) is 0.593. The number of carbonyl (C=O) groups excluding carboxylic acids is 1. The van der Waals surface area contributed by atoms with E-state index in [0.717, 1.165) is 12.8 Å². The van der Waals surface area contributed by atoms with Gasteiger partial charge in [0.1, 0.15) is 6.61 Å². The summed E-state index contributed by atoms with van der Waals surface area (Å²) in [6.07, 6.45) is 8.48. The van der Waals surface area contributed by atoms with Crippen molar-refractivity contribution in [3.8, 4) is 11.8 Å². The summed E-state index contributed by atoms with van der Waals surface area (Å²) in [6.45, 7) is 0.438. The SMILES string of the molecule is CSCCCCCNC(=O)c1ccncc1C#CCO.